The third-order valence-electron chi connectivity index (χ3n) is 7.82. The lowest BCUT2D eigenvalue weighted by Crippen LogP contribution is -2.59. The van der Waals surface area contributed by atoms with E-state index in [0.717, 1.165) is 43.7 Å². The van der Waals surface area contributed by atoms with Crippen molar-refractivity contribution in [3.8, 4) is 6.07 Å². The Morgan fingerprint density at radius 3 is 2.34 bits per heavy atom. The average Bonchev–Trinajstić information content (AvgIpc) is 2.64. The Labute approximate surface area is 174 Å². The minimum Gasteiger partial charge on any atom is -0.466 e. The minimum atomic E-state index is -1.26. The Morgan fingerprint density at radius 2 is 1.79 bits per heavy atom. The van der Waals surface area contributed by atoms with E-state index in [1.807, 2.05) is 12.1 Å². The molecular formula is C24H32FNO2Si. The molecule has 5 heteroatoms. The molecule has 5 rings (SSSR count). The van der Waals surface area contributed by atoms with Crippen LogP contribution < -0.4 is 0 Å². The van der Waals surface area contributed by atoms with Crippen LogP contribution in [0, 0.1) is 40.3 Å². The third kappa shape index (κ3) is 3.77. The lowest BCUT2D eigenvalue weighted by Gasteiger charge is -2.63. The summed E-state index contributed by atoms with van der Waals surface area (Å²) < 4.78 is 19.4. The summed E-state index contributed by atoms with van der Waals surface area (Å²) in [5, 5.41) is 9.90. The molecule has 4 bridgehead atoms. The highest BCUT2D eigenvalue weighted by Crippen LogP contribution is 2.68. The fourth-order valence-electron chi connectivity index (χ4n) is 6.62. The van der Waals surface area contributed by atoms with Crippen LogP contribution in [0.2, 0.25) is 25.7 Å². The van der Waals surface area contributed by atoms with Crippen molar-refractivity contribution in [2.75, 3.05) is 6.61 Å². The van der Waals surface area contributed by atoms with Gasteiger partial charge in [0.25, 0.3) is 0 Å². The van der Waals surface area contributed by atoms with Gasteiger partial charge in [-0.25, -0.2) is 4.39 Å². The van der Waals surface area contributed by atoms with Crippen molar-refractivity contribution in [3.05, 3.63) is 35.6 Å². The Hall–Kier alpha value is -1.67. The molecule has 2 atom stereocenters. The second kappa shape index (κ2) is 7.23. The number of ether oxygens (including phenoxy) is 1. The first-order chi connectivity index (χ1) is 13.7. The van der Waals surface area contributed by atoms with E-state index in [4.69, 9.17) is 4.74 Å². The topological polar surface area (TPSA) is 50.1 Å². The summed E-state index contributed by atoms with van der Waals surface area (Å²) in [6, 6.07) is 10.4. The van der Waals surface area contributed by atoms with Crippen molar-refractivity contribution < 1.29 is 13.9 Å². The maximum absolute atomic E-state index is 13.7. The summed E-state index contributed by atoms with van der Waals surface area (Å²) in [7, 11) is -1.26. The maximum Gasteiger partial charge on any atom is 0.306 e. The van der Waals surface area contributed by atoms with Gasteiger partial charge in [-0.2, -0.15) is 5.26 Å². The zero-order chi connectivity index (χ0) is 20.9. The van der Waals surface area contributed by atoms with E-state index in [1.165, 1.54) is 12.1 Å². The van der Waals surface area contributed by atoms with Crippen molar-refractivity contribution >= 4 is 14.0 Å². The Kier molecular flexibility index (Phi) is 5.13. The Balaban J connectivity index is 1.63. The maximum atomic E-state index is 13.7. The van der Waals surface area contributed by atoms with Crippen LogP contribution in [0.15, 0.2) is 24.3 Å². The van der Waals surface area contributed by atoms with Crippen LogP contribution in [-0.4, -0.2) is 20.7 Å². The van der Waals surface area contributed by atoms with Gasteiger partial charge in [-0.05, 0) is 73.6 Å². The normalized spacial score (nSPS) is 35.3. The molecule has 0 N–H and O–H groups in total. The van der Waals surface area contributed by atoms with Crippen LogP contribution in [0.5, 0.6) is 0 Å². The van der Waals surface area contributed by atoms with E-state index in [1.54, 1.807) is 0 Å². The van der Waals surface area contributed by atoms with Gasteiger partial charge >= 0.3 is 5.97 Å². The SMILES string of the molecule is C[Si](C)(C)CCOC(=O)C[C@]1(c2ccc(F)cc2)C2CC3CC1C[C@@](C#N)(C3)C2. The molecule has 0 aliphatic heterocycles. The lowest BCUT2D eigenvalue weighted by molar-refractivity contribution is -0.153. The highest BCUT2D eigenvalue weighted by Gasteiger charge is 2.63. The number of hydrogen-bond donors (Lipinski definition) is 0. The van der Waals surface area contributed by atoms with Crippen molar-refractivity contribution in [1.29, 1.82) is 5.26 Å². The van der Waals surface area contributed by atoms with Gasteiger partial charge < -0.3 is 4.74 Å². The lowest BCUT2D eigenvalue weighted by atomic mass is 9.39. The van der Waals surface area contributed by atoms with Crippen LogP contribution >= 0.6 is 0 Å². The molecule has 2 unspecified atom stereocenters. The van der Waals surface area contributed by atoms with Crippen LogP contribution in [0.4, 0.5) is 4.39 Å². The quantitative estimate of drug-likeness (QED) is 0.445. The molecule has 4 aliphatic rings. The van der Waals surface area contributed by atoms with Crippen LogP contribution in [-0.2, 0) is 14.9 Å². The van der Waals surface area contributed by atoms with Gasteiger partial charge in [-0.15, -0.1) is 0 Å². The summed E-state index contributed by atoms with van der Waals surface area (Å²) in [5.41, 5.74) is 0.520. The van der Waals surface area contributed by atoms with Gasteiger partial charge in [-0.1, -0.05) is 31.8 Å². The van der Waals surface area contributed by atoms with Gasteiger partial charge in [0, 0.05) is 13.5 Å². The number of halogens is 1. The Bertz CT molecular complexity index is 807. The molecule has 0 spiro atoms. The molecule has 1 aromatic carbocycles. The van der Waals surface area contributed by atoms with E-state index in [-0.39, 0.29) is 22.6 Å². The molecule has 0 amide bonds. The van der Waals surface area contributed by atoms with Gasteiger partial charge in [0.15, 0.2) is 0 Å². The molecule has 4 aliphatic carbocycles. The van der Waals surface area contributed by atoms with Crippen molar-refractivity contribution in [2.45, 2.75) is 69.6 Å². The van der Waals surface area contributed by atoms with Crippen molar-refractivity contribution in [2.24, 2.45) is 23.2 Å². The van der Waals surface area contributed by atoms with E-state index >= 15 is 0 Å². The molecule has 4 fully saturated rings. The number of rotatable bonds is 6. The fraction of sp³-hybridized carbons (Fsp3) is 0.667. The van der Waals surface area contributed by atoms with Gasteiger partial charge in [0.2, 0.25) is 0 Å². The number of carbonyl (C=O) groups is 1. The molecule has 156 valence electrons. The predicted molar refractivity (Wildman–Crippen MR) is 113 cm³/mol. The molecule has 0 saturated heterocycles. The van der Waals surface area contributed by atoms with E-state index < -0.39 is 8.07 Å². The minimum absolute atomic E-state index is 0.133. The smallest absolute Gasteiger partial charge is 0.306 e. The molecule has 3 nitrogen and oxygen atoms in total. The Morgan fingerprint density at radius 1 is 1.17 bits per heavy atom. The molecule has 0 heterocycles. The van der Waals surface area contributed by atoms with Crippen molar-refractivity contribution in [3.63, 3.8) is 0 Å². The summed E-state index contributed by atoms with van der Waals surface area (Å²) in [4.78, 5) is 13.0. The summed E-state index contributed by atoms with van der Waals surface area (Å²) in [6.07, 6.45) is 5.22. The number of nitriles is 1. The second-order valence-corrected chi connectivity index (χ2v) is 16.6. The first-order valence-electron chi connectivity index (χ1n) is 11.0. The summed E-state index contributed by atoms with van der Waals surface area (Å²) >= 11 is 0. The standard InChI is InChI=1S/C24H32FNO2Si/c1-29(2,3)9-8-28-22(27)15-24(18-4-6-21(25)7-5-18)19-10-17-11-20(24)14-23(12-17,13-19)16-26/h4-7,17,19-20H,8-15H2,1-3H3/t17?,19?,20?,23-,24+. The molecular weight excluding hydrogens is 381 g/mol. The molecule has 4 saturated carbocycles. The first-order valence-corrected chi connectivity index (χ1v) is 14.7. The first kappa shape index (κ1) is 20.6. The highest BCUT2D eigenvalue weighted by atomic mass is 28.3. The largest absolute Gasteiger partial charge is 0.466 e. The van der Waals surface area contributed by atoms with Gasteiger partial charge in [0.1, 0.15) is 5.82 Å². The molecule has 0 radical (unpaired) electrons. The molecule has 1 aromatic rings. The van der Waals surface area contributed by atoms with Crippen LogP contribution in [0.1, 0.15) is 44.1 Å². The highest BCUT2D eigenvalue weighted by molar-refractivity contribution is 6.76. The van der Waals surface area contributed by atoms with Gasteiger partial charge in [0.05, 0.1) is 24.5 Å². The van der Waals surface area contributed by atoms with Crippen LogP contribution in [0.25, 0.3) is 0 Å². The van der Waals surface area contributed by atoms with E-state index in [2.05, 4.69) is 25.7 Å². The number of carbonyl (C=O) groups excluding carboxylic acids is 1. The fourth-order valence-corrected chi connectivity index (χ4v) is 7.33. The van der Waals surface area contributed by atoms with Crippen LogP contribution in [0.3, 0.4) is 0 Å². The molecule has 0 aromatic heterocycles. The summed E-state index contributed by atoms with van der Waals surface area (Å²) in [6.45, 7) is 7.33. The zero-order valence-electron chi connectivity index (χ0n) is 17.8. The van der Waals surface area contributed by atoms with E-state index in [9.17, 15) is 14.4 Å². The number of nitrogens with zero attached hydrogens (tertiary/aromatic N) is 1. The molecule has 29 heavy (non-hydrogen) atoms. The monoisotopic (exact) mass is 413 g/mol. The second-order valence-electron chi connectivity index (χ2n) is 11.0. The summed E-state index contributed by atoms with van der Waals surface area (Å²) in [5.74, 6) is 0.792. The van der Waals surface area contributed by atoms with Gasteiger partial charge in [-0.3, -0.25) is 4.79 Å². The number of esters is 1. The number of benzene rings is 1. The average molecular weight is 414 g/mol. The van der Waals surface area contributed by atoms with Crippen molar-refractivity contribution in [1.82, 2.24) is 0 Å². The number of hydrogen-bond acceptors (Lipinski definition) is 3. The third-order valence-corrected chi connectivity index (χ3v) is 9.52. The predicted octanol–water partition coefficient (Wildman–Crippen LogP) is 5.68. The van der Waals surface area contributed by atoms with E-state index in [0.29, 0.717) is 30.8 Å². The zero-order valence-corrected chi connectivity index (χ0v) is 18.8.